The Balaban J connectivity index is 1.57. The summed E-state index contributed by atoms with van der Waals surface area (Å²) < 4.78 is -0.538. The summed E-state index contributed by atoms with van der Waals surface area (Å²) in [5.41, 5.74) is 18.7. The Morgan fingerprint density at radius 1 is 0.694 bits per heavy atom. The lowest BCUT2D eigenvalue weighted by molar-refractivity contribution is 0.766. The highest BCUT2D eigenvalue weighted by Crippen LogP contribution is 2.78. The van der Waals surface area contributed by atoms with Gasteiger partial charge in [-0.25, -0.2) is 0 Å². The van der Waals surface area contributed by atoms with E-state index in [9.17, 15) is 0 Å². The molecule has 4 fully saturated rings. The van der Waals surface area contributed by atoms with E-state index in [1.165, 1.54) is 113 Å². The minimum absolute atomic E-state index is 0.117. The zero-order chi connectivity index (χ0) is 34.5. The van der Waals surface area contributed by atoms with Crippen molar-refractivity contribution in [3.05, 3.63) is 105 Å². The van der Waals surface area contributed by atoms with Gasteiger partial charge in [0.05, 0.1) is 9.99 Å². The number of rotatable bonds is 6. The third-order valence-electron chi connectivity index (χ3n) is 12.2. The summed E-state index contributed by atoms with van der Waals surface area (Å²) in [5, 5.41) is -0.117. The van der Waals surface area contributed by atoms with Crippen molar-refractivity contribution in [2.24, 2.45) is 0 Å². The third kappa shape index (κ3) is 6.08. The highest BCUT2D eigenvalue weighted by atomic mass is 35.5. The molecule has 7 rings (SSSR count). The highest BCUT2D eigenvalue weighted by molar-refractivity contribution is 7.79. The first kappa shape index (κ1) is 35.1. The predicted octanol–water partition coefficient (Wildman–Crippen LogP) is 12.4. The van der Waals surface area contributed by atoms with Gasteiger partial charge in [-0.15, -0.1) is 28.7 Å². The van der Waals surface area contributed by atoms with Gasteiger partial charge < -0.3 is 9.80 Å². The SMILES string of the molecule is Cc1cc(C)c(N2CCN(c3c(C)cc(C)cc3C)C2=C2C(Cl)CCC2(Cl)P(=C=Cc2ccccc2)(C2CCCC2)C2CCCC2)c(C)c1. The van der Waals surface area contributed by atoms with Crippen LogP contribution in [0.5, 0.6) is 0 Å². The van der Waals surface area contributed by atoms with Crippen LogP contribution in [-0.4, -0.2) is 39.9 Å². The lowest BCUT2D eigenvalue weighted by atomic mass is 10.0. The molecule has 1 aliphatic heterocycles. The van der Waals surface area contributed by atoms with Crippen LogP contribution in [0.15, 0.2) is 66.0 Å². The Bertz CT molecular complexity index is 1710. The lowest BCUT2D eigenvalue weighted by Crippen LogP contribution is -2.38. The van der Waals surface area contributed by atoms with Crippen LogP contribution in [0.4, 0.5) is 11.4 Å². The fraction of sp³-hybridized carbons (Fsp3) is 0.500. The van der Waals surface area contributed by atoms with E-state index in [1.54, 1.807) is 0 Å². The first-order valence-corrected chi connectivity index (χ1v) is 21.6. The van der Waals surface area contributed by atoms with Crippen LogP contribution in [0.25, 0.3) is 6.08 Å². The minimum Gasteiger partial charge on any atom is -0.325 e. The molecule has 1 heterocycles. The number of allylic oxidation sites excluding steroid dienone is 1. The van der Waals surface area contributed by atoms with Gasteiger partial charge in [0.1, 0.15) is 5.82 Å². The summed E-state index contributed by atoms with van der Waals surface area (Å²) >= 11 is 16.5. The van der Waals surface area contributed by atoms with Gasteiger partial charge in [-0.2, -0.15) is 0 Å². The summed E-state index contributed by atoms with van der Waals surface area (Å²) in [5.74, 6) is 1.26. The maximum Gasteiger partial charge on any atom is 0.116 e. The molecule has 0 radical (unpaired) electrons. The topological polar surface area (TPSA) is 6.48 Å². The van der Waals surface area contributed by atoms with Crippen molar-refractivity contribution in [2.75, 3.05) is 22.9 Å². The van der Waals surface area contributed by atoms with Crippen LogP contribution < -0.4 is 9.80 Å². The zero-order valence-electron chi connectivity index (χ0n) is 30.6. The average molecular weight is 714 g/mol. The van der Waals surface area contributed by atoms with Crippen molar-refractivity contribution in [3.63, 3.8) is 0 Å². The normalized spacial score (nSPS) is 23.6. The molecule has 2 nitrogen and oxygen atoms in total. The Morgan fingerprint density at radius 3 is 1.59 bits per heavy atom. The molecule has 0 spiro atoms. The van der Waals surface area contributed by atoms with Crippen molar-refractivity contribution in [1.29, 1.82) is 0 Å². The van der Waals surface area contributed by atoms with E-state index in [1.807, 2.05) is 0 Å². The fourth-order valence-corrected chi connectivity index (χ4v) is 18.6. The zero-order valence-corrected chi connectivity index (χ0v) is 33.0. The second-order valence-corrected chi connectivity index (χ2v) is 21.1. The van der Waals surface area contributed by atoms with E-state index in [0.717, 1.165) is 25.9 Å². The molecule has 3 aliphatic carbocycles. The van der Waals surface area contributed by atoms with E-state index < -0.39 is 11.5 Å². The van der Waals surface area contributed by atoms with Gasteiger partial charge in [0, 0.05) is 30.0 Å². The number of anilines is 2. The van der Waals surface area contributed by atoms with Crippen LogP contribution >= 0.6 is 30.1 Å². The first-order chi connectivity index (χ1) is 23.5. The van der Waals surface area contributed by atoms with Gasteiger partial charge in [-0.3, -0.25) is 0 Å². The molecule has 0 bridgehead atoms. The summed E-state index contributed by atoms with van der Waals surface area (Å²) in [4.78, 5) is 5.27. The number of alkyl halides is 2. The quantitative estimate of drug-likeness (QED) is 0.185. The number of benzene rings is 3. The smallest absolute Gasteiger partial charge is 0.116 e. The molecule has 3 aromatic carbocycles. The van der Waals surface area contributed by atoms with E-state index >= 15 is 0 Å². The van der Waals surface area contributed by atoms with Crippen molar-refractivity contribution in [1.82, 2.24) is 0 Å². The summed E-state index contributed by atoms with van der Waals surface area (Å²) in [6, 6.07) is 20.3. The molecule has 0 aromatic heterocycles. The molecule has 49 heavy (non-hydrogen) atoms. The summed E-state index contributed by atoms with van der Waals surface area (Å²) in [6.07, 6.45) is 14.5. The standard InChI is InChI=1S/C44H55Cl2N2P/c1-30-26-32(3)41(33(4)27-30)47-23-24-48(42-34(5)28-31(2)29-35(42)6)43(47)40-39(45)20-22-44(40,46)49(37-16-10-11-17-37,38-18-12-13-19-38)25-21-36-14-8-7-9-15-36/h7-9,14-15,21,26-29,37-39H,10-13,16-20,22-24H2,1-6H3. The predicted molar refractivity (Wildman–Crippen MR) is 218 cm³/mol. The molecule has 4 aliphatic rings. The molecule has 2 atom stereocenters. The van der Waals surface area contributed by atoms with Crippen LogP contribution in [-0.2, 0) is 0 Å². The van der Waals surface area contributed by atoms with Crippen LogP contribution in [0.3, 0.4) is 0 Å². The van der Waals surface area contributed by atoms with E-state index in [-0.39, 0.29) is 5.38 Å². The molecular formula is C44H55Cl2N2P. The second kappa shape index (κ2) is 14.0. The monoisotopic (exact) mass is 712 g/mol. The molecule has 3 aromatic rings. The van der Waals surface area contributed by atoms with E-state index in [4.69, 9.17) is 23.2 Å². The Hall–Kier alpha value is -2.34. The molecular weight excluding hydrogens is 658 g/mol. The summed E-state index contributed by atoms with van der Waals surface area (Å²) in [6.45, 7) is 13.3. The van der Waals surface area contributed by atoms with Gasteiger partial charge in [0.15, 0.2) is 0 Å². The average Bonchev–Trinajstić information content (AvgIpc) is 3.88. The van der Waals surface area contributed by atoms with E-state index in [0.29, 0.717) is 11.3 Å². The maximum absolute atomic E-state index is 8.75. The molecule has 0 N–H and O–H groups in total. The number of hydrogen-bond donors (Lipinski definition) is 0. The molecule has 2 unspecified atom stereocenters. The molecule has 0 amide bonds. The van der Waals surface area contributed by atoms with Gasteiger partial charge in [0.2, 0.25) is 0 Å². The highest BCUT2D eigenvalue weighted by Gasteiger charge is 2.59. The van der Waals surface area contributed by atoms with E-state index in [2.05, 4.69) is 117 Å². The molecule has 3 saturated carbocycles. The molecule has 1 saturated heterocycles. The van der Waals surface area contributed by atoms with Gasteiger partial charge in [-0.1, -0.05) is 91.4 Å². The third-order valence-corrected chi connectivity index (χ3v) is 19.4. The van der Waals surface area contributed by atoms with Crippen molar-refractivity contribution in [2.45, 2.75) is 127 Å². The van der Waals surface area contributed by atoms with Gasteiger partial charge in [0.25, 0.3) is 0 Å². The number of nitrogens with zero attached hydrogens (tertiary/aromatic N) is 2. The van der Waals surface area contributed by atoms with Crippen LogP contribution in [0.2, 0.25) is 0 Å². The van der Waals surface area contributed by atoms with Crippen LogP contribution in [0, 0.1) is 41.5 Å². The second-order valence-electron chi connectivity index (χ2n) is 15.6. The summed E-state index contributed by atoms with van der Waals surface area (Å²) in [7, 11) is 0. The Kier molecular flexibility index (Phi) is 10.0. The first-order valence-electron chi connectivity index (χ1n) is 18.9. The van der Waals surface area contributed by atoms with Gasteiger partial charge >= 0.3 is 0 Å². The Morgan fingerprint density at radius 2 is 1.14 bits per heavy atom. The fourth-order valence-electron chi connectivity index (χ4n) is 10.6. The van der Waals surface area contributed by atoms with Crippen molar-refractivity contribution in [3.8, 4) is 0 Å². The lowest BCUT2D eigenvalue weighted by Gasteiger charge is -2.48. The largest absolute Gasteiger partial charge is 0.325 e. The maximum atomic E-state index is 8.75. The van der Waals surface area contributed by atoms with Crippen LogP contribution in [0.1, 0.15) is 103 Å². The molecule has 260 valence electrons. The molecule has 5 heteroatoms. The van der Waals surface area contributed by atoms with Crippen molar-refractivity contribution >= 4 is 53.0 Å². The minimum atomic E-state index is -2.10. The number of aryl methyl sites for hydroxylation is 6. The Labute approximate surface area is 306 Å². The van der Waals surface area contributed by atoms with Gasteiger partial charge in [-0.05, 0) is 132 Å². The number of halogens is 2. The van der Waals surface area contributed by atoms with Crippen molar-refractivity contribution < 1.29 is 0 Å². The number of hydrogen-bond acceptors (Lipinski definition) is 2.